The van der Waals surface area contributed by atoms with Crippen LogP contribution in [0.5, 0.6) is 5.75 Å². The fourth-order valence-electron chi connectivity index (χ4n) is 1.88. The quantitative estimate of drug-likeness (QED) is 0.843. The summed E-state index contributed by atoms with van der Waals surface area (Å²) in [6.45, 7) is 3.27. The molecule has 3 heteroatoms. The van der Waals surface area contributed by atoms with E-state index in [9.17, 15) is 0 Å². The zero-order valence-electron chi connectivity index (χ0n) is 11.3. The molecule has 2 rings (SSSR count). The monoisotopic (exact) mass is 273 g/mol. The number of benzene rings is 2. The Morgan fingerprint density at radius 1 is 1.11 bits per heavy atom. The van der Waals surface area contributed by atoms with Crippen molar-refractivity contribution in [3.8, 4) is 5.75 Å². The zero-order chi connectivity index (χ0) is 13.7. The zero-order valence-corrected chi connectivity index (χ0v) is 12.2. The minimum absolute atomic E-state index is 0.581. The Balaban J connectivity index is 2.01. The first-order valence-corrected chi connectivity index (χ1v) is 7.50. The van der Waals surface area contributed by atoms with Crippen LogP contribution in [0.3, 0.4) is 0 Å². The van der Waals surface area contributed by atoms with Gasteiger partial charge in [-0.15, -0.1) is 11.8 Å². The Morgan fingerprint density at radius 2 is 1.84 bits per heavy atom. The summed E-state index contributed by atoms with van der Waals surface area (Å²) >= 11 is 1.73. The van der Waals surface area contributed by atoms with Crippen LogP contribution in [0.15, 0.2) is 47.4 Å². The van der Waals surface area contributed by atoms with E-state index in [4.69, 9.17) is 10.5 Å². The molecule has 0 bridgehead atoms. The van der Waals surface area contributed by atoms with Crippen molar-refractivity contribution in [2.45, 2.75) is 25.0 Å². The fraction of sp³-hybridized carbons (Fsp3) is 0.250. The van der Waals surface area contributed by atoms with Crippen molar-refractivity contribution in [1.29, 1.82) is 0 Å². The van der Waals surface area contributed by atoms with Gasteiger partial charge in [-0.2, -0.15) is 0 Å². The second-order valence-corrected chi connectivity index (χ2v) is 5.31. The lowest BCUT2D eigenvalue weighted by molar-refractivity contribution is 0.305. The van der Waals surface area contributed by atoms with Gasteiger partial charge in [-0.1, -0.05) is 18.2 Å². The van der Waals surface area contributed by atoms with Crippen molar-refractivity contribution in [3.63, 3.8) is 0 Å². The summed E-state index contributed by atoms with van der Waals surface area (Å²) in [5.74, 6) is 0.903. The number of aryl methyl sites for hydroxylation is 1. The highest BCUT2D eigenvalue weighted by molar-refractivity contribution is 7.98. The second-order valence-electron chi connectivity index (χ2n) is 4.43. The Bertz CT molecular complexity index is 537. The van der Waals surface area contributed by atoms with E-state index in [1.807, 2.05) is 12.1 Å². The van der Waals surface area contributed by atoms with Gasteiger partial charge in [0.1, 0.15) is 12.4 Å². The Labute approximate surface area is 119 Å². The first-order chi connectivity index (χ1) is 9.22. The molecule has 0 atom stereocenters. The molecule has 0 amide bonds. The van der Waals surface area contributed by atoms with Crippen LogP contribution < -0.4 is 10.5 Å². The lowest BCUT2D eigenvalue weighted by atomic mass is 10.1. The number of thioether (sulfide) groups is 1. The van der Waals surface area contributed by atoms with Gasteiger partial charge in [0.05, 0.1) is 0 Å². The van der Waals surface area contributed by atoms with Crippen LogP contribution in [0, 0.1) is 6.92 Å². The summed E-state index contributed by atoms with van der Waals surface area (Å²) in [7, 11) is 0. The smallest absolute Gasteiger partial charge is 0.119 e. The third-order valence-corrected chi connectivity index (χ3v) is 3.84. The molecule has 0 aliphatic heterocycles. The molecule has 2 aromatic rings. The van der Waals surface area contributed by atoms with Crippen molar-refractivity contribution in [2.75, 3.05) is 6.26 Å². The van der Waals surface area contributed by atoms with Gasteiger partial charge in [0, 0.05) is 11.4 Å². The number of ether oxygens (including phenoxy) is 1. The maximum absolute atomic E-state index is 5.81. The lowest BCUT2D eigenvalue weighted by Gasteiger charge is -2.10. The third kappa shape index (κ3) is 3.75. The van der Waals surface area contributed by atoms with Gasteiger partial charge in [-0.3, -0.25) is 0 Å². The first kappa shape index (κ1) is 14.0. The SMILES string of the molecule is CSc1ccc(OCc2ccc(CN)cc2C)cc1. The molecule has 0 aromatic heterocycles. The molecule has 0 aliphatic rings. The average molecular weight is 273 g/mol. The molecular weight excluding hydrogens is 254 g/mol. The van der Waals surface area contributed by atoms with Crippen molar-refractivity contribution in [3.05, 3.63) is 59.2 Å². The van der Waals surface area contributed by atoms with Crippen molar-refractivity contribution < 1.29 is 4.74 Å². The van der Waals surface area contributed by atoms with Gasteiger partial charge in [-0.25, -0.2) is 0 Å². The van der Waals surface area contributed by atoms with Gasteiger partial charge >= 0.3 is 0 Å². The Kier molecular flexibility index (Phi) is 4.88. The van der Waals surface area contributed by atoms with Crippen molar-refractivity contribution in [2.24, 2.45) is 5.73 Å². The fourth-order valence-corrected chi connectivity index (χ4v) is 2.29. The number of rotatable bonds is 5. The van der Waals surface area contributed by atoms with Crippen LogP contribution in [-0.4, -0.2) is 6.26 Å². The molecule has 0 spiro atoms. The lowest BCUT2D eigenvalue weighted by Crippen LogP contribution is -2.01. The van der Waals surface area contributed by atoms with Crippen molar-refractivity contribution in [1.82, 2.24) is 0 Å². The van der Waals surface area contributed by atoms with Crippen LogP contribution in [-0.2, 0) is 13.2 Å². The van der Waals surface area contributed by atoms with Crippen LogP contribution in [0.25, 0.3) is 0 Å². The standard InChI is InChI=1S/C16H19NOS/c1-12-9-13(10-17)3-4-14(12)11-18-15-5-7-16(19-2)8-6-15/h3-9H,10-11,17H2,1-2H3. The van der Waals surface area contributed by atoms with Crippen LogP contribution >= 0.6 is 11.8 Å². The summed E-state index contributed by atoms with van der Waals surface area (Å²) in [4.78, 5) is 1.25. The Morgan fingerprint density at radius 3 is 2.42 bits per heavy atom. The second kappa shape index (κ2) is 6.64. The van der Waals surface area contributed by atoms with E-state index < -0.39 is 0 Å². The van der Waals surface area contributed by atoms with Gasteiger partial charge < -0.3 is 10.5 Å². The molecule has 0 heterocycles. The predicted molar refractivity (Wildman–Crippen MR) is 81.6 cm³/mol. The molecule has 0 aliphatic carbocycles. The predicted octanol–water partition coefficient (Wildman–Crippen LogP) is 3.75. The molecule has 0 unspecified atom stereocenters. The molecule has 2 nitrogen and oxygen atoms in total. The number of nitrogens with two attached hydrogens (primary N) is 1. The van der Waals surface area contributed by atoms with Crippen molar-refractivity contribution >= 4 is 11.8 Å². The number of hydrogen-bond acceptors (Lipinski definition) is 3. The summed E-state index contributed by atoms with van der Waals surface area (Å²) in [5, 5.41) is 0. The highest BCUT2D eigenvalue weighted by atomic mass is 32.2. The molecule has 19 heavy (non-hydrogen) atoms. The molecule has 0 saturated carbocycles. The van der Waals surface area contributed by atoms with E-state index >= 15 is 0 Å². The van der Waals surface area contributed by atoms with Crippen LogP contribution in [0.1, 0.15) is 16.7 Å². The third-order valence-electron chi connectivity index (χ3n) is 3.10. The molecule has 0 saturated heterocycles. The maximum Gasteiger partial charge on any atom is 0.119 e. The highest BCUT2D eigenvalue weighted by Gasteiger charge is 2.01. The van der Waals surface area contributed by atoms with Gasteiger partial charge in [-0.05, 0) is 54.1 Å². The van der Waals surface area contributed by atoms with Gasteiger partial charge in [0.25, 0.3) is 0 Å². The van der Waals surface area contributed by atoms with E-state index in [2.05, 4.69) is 43.5 Å². The molecule has 2 N–H and O–H groups in total. The number of hydrogen-bond donors (Lipinski definition) is 1. The maximum atomic E-state index is 5.81. The average Bonchev–Trinajstić information content (AvgIpc) is 2.46. The van der Waals surface area contributed by atoms with E-state index in [1.54, 1.807) is 11.8 Å². The highest BCUT2D eigenvalue weighted by Crippen LogP contribution is 2.20. The van der Waals surface area contributed by atoms with E-state index in [0.29, 0.717) is 13.2 Å². The van der Waals surface area contributed by atoms with E-state index in [-0.39, 0.29) is 0 Å². The largest absolute Gasteiger partial charge is 0.489 e. The molecular formula is C16H19NOS. The molecule has 100 valence electrons. The van der Waals surface area contributed by atoms with E-state index in [0.717, 1.165) is 11.3 Å². The molecule has 0 radical (unpaired) electrons. The van der Waals surface area contributed by atoms with Crippen LogP contribution in [0.4, 0.5) is 0 Å². The van der Waals surface area contributed by atoms with Gasteiger partial charge in [0.2, 0.25) is 0 Å². The van der Waals surface area contributed by atoms with Crippen LogP contribution in [0.2, 0.25) is 0 Å². The van der Waals surface area contributed by atoms with E-state index in [1.165, 1.54) is 16.0 Å². The first-order valence-electron chi connectivity index (χ1n) is 6.28. The summed E-state index contributed by atoms with van der Waals surface area (Å²) in [6.07, 6.45) is 2.07. The minimum atomic E-state index is 0.581. The summed E-state index contributed by atoms with van der Waals surface area (Å²) < 4.78 is 5.81. The topological polar surface area (TPSA) is 35.2 Å². The summed E-state index contributed by atoms with van der Waals surface area (Å²) in [5.41, 5.74) is 9.21. The minimum Gasteiger partial charge on any atom is -0.489 e. The summed E-state index contributed by atoms with van der Waals surface area (Å²) in [6, 6.07) is 14.4. The molecule has 2 aromatic carbocycles. The Hall–Kier alpha value is -1.45. The normalized spacial score (nSPS) is 10.5. The molecule has 0 fully saturated rings. The van der Waals surface area contributed by atoms with Gasteiger partial charge in [0.15, 0.2) is 0 Å².